The Kier molecular flexibility index (Phi) is 4.74. The molecule has 0 unspecified atom stereocenters. The Morgan fingerprint density at radius 3 is 3.05 bits per heavy atom. The Morgan fingerprint density at radius 2 is 2.35 bits per heavy atom. The Labute approximate surface area is 128 Å². The van der Waals surface area contributed by atoms with E-state index in [9.17, 15) is 9.90 Å². The number of rotatable bonds is 2. The third-order valence-corrected chi connectivity index (χ3v) is 3.57. The number of hydrogen-bond acceptors (Lipinski definition) is 5. The number of phenols is 1. The summed E-state index contributed by atoms with van der Waals surface area (Å²) in [5.41, 5.74) is 5.46. The predicted octanol–water partition coefficient (Wildman–Crippen LogP) is 2.17. The third-order valence-electron chi connectivity index (χ3n) is 2.24. The van der Waals surface area contributed by atoms with Gasteiger partial charge in [-0.3, -0.25) is 10.1 Å². The second-order valence-electron chi connectivity index (χ2n) is 3.65. The number of carbonyl (C=O) groups is 1. The zero-order valence-electron chi connectivity index (χ0n) is 10.2. The second-order valence-corrected chi connectivity index (χ2v) is 5.60. The van der Waals surface area contributed by atoms with Gasteiger partial charge in [0.2, 0.25) is 0 Å². The highest BCUT2D eigenvalue weighted by atomic mass is 79.9. The first-order valence-corrected chi connectivity index (χ1v) is 7.15. The SMILES string of the molecule is NCC#Cc1cnc(NC(=O)c2ccc(Br)cc2O)s1. The minimum Gasteiger partial charge on any atom is -0.507 e. The van der Waals surface area contributed by atoms with Crippen LogP contribution in [-0.2, 0) is 0 Å². The number of hydrogen-bond donors (Lipinski definition) is 3. The molecule has 1 aromatic heterocycles. The molecule has 2 rings (SSSR count). The van der Waals surface area contributed by atoms with Crippen molar-refractivity contribution in [3.05, 3.63) is 39.3 Å². The first kappa shape index (κ1) is 14.5. The van der Waals surface area contributed by atoms with Crippen LogP contribution in [-0.4, -0.2) is 22.5 Å². The first-order chi connectivity index (χ1) is 9.60. The van der Waals surface area contributed by atoms with Crippen molar-refractivity contribution in [1.82, 2.24) is 4.98 Å². The summed E-state index contributed by atoms with van der Waals surface area (Å²) in [7, 11) is 0. The monoisotopic (exact) mass is 351 g/mol. The van der Waals surface area contributed by atoms with Crippen LogP contribution in [0.15, 0.2) is 28.9 Å². The molecule has 0 atom stereocenters. The number of aromatic nitrogens is 1. The molecule has 0 aliphatic carbocycles. The summed E-state index contributed by atoms with van der Waals surface area (Å²) in [6.07, 6.45) is 1.56. The van der Waals surface area contributed by atoms with E-state index in [0.717, 1.165) is 0 Å². The molecule has 7 heteroatoms. The van der Waals surface area contributed by atoms with E-state index in [1.165, 1.54) is 23.5 Å². The first-order valence-electron chi connectivity index (χ1n) is 5.55. The predicted molar refractivity (Wildman–Crippen MR) is 81.8 cm³/mol. The van der Waals surface area contributed by atoms with Gasteiger partial charge in [-0.25, -0.2) is 4.98 Å². The molecule has 1 amide bonds. The summed E-state index contributed by atoms with van der Waals surface area (Å²) in [5, 5.41) is 12.7. The van der Waals surface area contributed by atoms with Crippen LogP contribution in [0.25, 0.3) is 0 Å². The molecule has 5 nitrogen and oxygen atoms in total. The molecule has 0 saturated heterocycles. The van der Waals surface area contributed by atoms with E-state index in [0.29, 0.717) is 14.5 Å². The molecule has 0 radical (unpaired) electrons. The number of benzene rings is 1. The van der Waals surface area contributed by atoms with Gasteiger partial charge in [0.1, 0.15) is 5.75 Å². The summed E-state index contributed by atoms with van der Waals surface area (Å²) >= 11 is 4.45. The standard InChI is InChI=1S/C13H10BrN3O2S/c14-8-3-4-10(11(18)6-8)12(19)17-13-16-7-9(20-13)2-1-5-15/h3-4,6-7,18H,5,15H2,(H,16,17,19). The van der Waals surface area contributed by atoms with Gasteiger partial charge in [-0.1, -0.05) is 39.1 Å². The third kappa shape index (κ3) is 3.57. The number of halogens is 1. The van der Waals surface area contributed by atoms with Crippen molar-refractivity contribution >= 4 is 38.3 Å². The quantitative estimate of drug-likeness (QED) is 0.723. The molecule has 1 aromatic carbocycles. The fraction of sp³-hybridized carbons (Fsp3) is 0.0769. The molecule has 102 valence electrons. The molecule has 0 spiro atoms. The number of thiazole rings is 1. The molecule has 2 aromatic rings. The maximum atomic E-state index is 12.0. The highest BCUT2D eigenvalue weighted by molar-refractivity contribution is 9.10. The van der Waals surface area contributed by atoms with Crippen molar-refractivity contribution in [3.63, 3.8) is 0 Å². The summed E-state index contributed by atoms with van der Waals surface area (Å²) in [6, 6.07) is 4.65. The van der Waals surface area contributed by atoms with E-state index < -0.39 is 5.91 Å². The highest BCUT2D eigenvalue weighted by Gasteiger charge is 2.13. The molecule has 0 bridgehead atoms. The van der Waals surface area contributed by atoms with Crippen molar-refractivity contribution in [3.8, 4) is 17.6 Å². The number of phenolic OH excluding ortho intramolecular Hbond substituents is 1. The van der Waals surface area contributed by atoms with E-state index in [1.807, 2.05) is 0 Å². The minimum absolute atomic E-state index is 0.100. The second kappa shape index (κ2) is 6.52. The van der Waals surface area contributed by atoms with Crippen LogP contribution in [0, 0.1) is 11.8 Å². The fourth-order valence-electron chi connectivity index (χ4n) is 1.39. The normalized spacial score (nSPS) is 9.70. The number of amides is 1. The molecule has 1 heterocycles. The molecule has 0 fully saturated rings. The molecule has 20 heavy (non-hydrogen) atoms. The Bertz CT molecular complexity index is 703. The van der Waals surface area contributed by atoms with Gasteiger partial charge in [0.25, 0.3) is 5.91 Å². The fourth-order valence-corrected chi connectivity index (χ4v) is 2.42. The summed E-state index contributed by atoms with van der Waals surface area (Å²) in [5.74, 6) is 5.01. The van der Waals surface area contributed by atoms with Gasteiger partial charge in [-0.15, -0.1) is 0 Å². The van der Waals surface area contributed by atoms with Gasteiger partial charge in [0, 0.05) is 4.47 Å². The van der Waals surface area contributed by atoms with Crippen LogP contribution >= 0.6 is 27.3 Å². The number of nitrogens with two attached hydrogens (primary N) is 1. The average Bonchev–Trinajstić information content (AvgIpc) is 2.83. The van der Waals surface area contributed by atoms with E-state index in [4.69, 9.17) is 5.73 Å². The van der Waals surface area contributed by atoms with Gasteiger partial charge in [0.05, 0.1) is 23.2 Å². The van der Waals surface area contributed by atoms with E-state index in [2.05, 4.69) is 38.1 Å². The molecular formula is C13H10BrN3O2S. The molecule has 4 N–H and O–H groups in total. The van der Waals surface area contributed by atoms with Crippen LogP contribution in [0.5, 0.6) is 5.75 Å². The summed E-state index contributed by atoms with van der Waals surface area (Å²) in [6.45, 7) is 0.270. The van der Waals surface area contributed by atoms with Crippen molar-refractivity contribution in [1.29, 1.82) is 0 Å². The van der Waals surface area contributed by atoms with Crippen LogP contribution in [0.3, 0.4) is 0 Å². The zero-order chi connectivity index (χ0) is 14.5. The number of anilines is 1. The maximum Gasteiger partial charge on any atom is 0.261 e. The number of nitrogens with zero attached hydrogens (tertiary/aromatic N) is 1. The number of carbonyl (C=O) groups excluding carboxylic acids is 1. The van der Waals surface area contributed by atoms with Gasteiger partial charge >= 0.3 is 0 Å². The Balaban J connectivity index is 2.13. The van der Waals surface area contributed by atoms with E-state index in [-0.39, 0.29) is 17.9 Å². The number of aromatic hydroxyl groups is 1. The van der Waals surface area contributed by atoms with Crippen molar-refractivity contribution < 1.29 is 9.90 Å². The lowest BCUT2D eigenvalue weighted by molar-refractivity contribution is 0.102. The van der Waals surface area contributed by atoms with Crippen LogP contribution in [0.4, 0.5) is 5.13 Å². The van der Waals surface area contributed by atoms with Crippen molar-refractivity contribution in [2.24, 2.45) is 5.73 Å². The van der Waals surface area contributed by atoms with E-state index in [1.54, 1.807) is 12.3 Å². The maximum absolute atomic E-state index is 12.0. The number of nitrogens with one attached hydrogen (secondary N) is 1. The lowest BCUT2D eigenvalue weighted by atomic mass is 10.2. The zero-order valence-corrected chi connectivity index (χ0v) is 12.6. The van der Waals surface area contributed by atoms with Gasteiger partial charge < -0.3 is 10.8 Å². The lowest BCUT2D eigenvalue weighted by Crippen LogP contribution is -2.11. The lowest BCUT2D eigenvalue weighted by Gasteiger charge is -2.04. The van der Waals surface area contributed by atoms with Crippen LogP contribution in [0.2, 0.25) is 0 Å². The van der Waals surface area contributed by atoms with Crippen molar-refractivity contribution in [2.45, 2.75) is 0 Å². The molecule has 0 aliphatic heterocycles. The molecular weight excluding hydrogens is 342 g/mol. The minimum atomic E-state index is -0.428. The Morgan fingerprint density at radius 1 is 1.55 bits per heavy atom. The van der Waals surface area contributed by atoms with E-state index >= 15 is 0 Å². The van der Waals surface area contributed by atoms with Gasteiger partial charge in [-0.2, -0.15) is 0 Å². The summed E-state index contributed by atoms with van der Waals surface area (Å²) < 4.78 is 0.695. The van der Waals surface area contributed by atoms with Crippen LogP contribution < -0.4 is 11.1 Å². The van der Waals surface area contributed by atoms with Crippen molar-refractivity contribution in [2.75, 3.05) is 11.9 Å². The topological polar surface area (TPSA) is 88.2 Å². The highest BCUT2D eigenvalue weighted by Crippen LogP contribution is 2.24. The summed E-state index contributed by atoms with van der Waals surface area (Å²) in [4.78, 5) is 16.7. The molecule has 0 saturated carbocycles. The Hall–Kier alpha value is -1.88. The molecule has 0 aliphatic rings. The van der Waals surface area contributed by atoms with Gasteiger partial charge in [0.15, 0.2) is 5.13 Å². The average molecular weight is 352 g/mol. The van der Waals surface area contributed by atoms with Crippen LogP contribution in [0.1, 0.15) is 15.2 Å². The van der Waals surface area contributed by atoms with Gasteiger partial charge in [-0.05, 0) is 18.2 Å². The smallest absolute Gasteiger partial charge is 0.261 e. The largest absolute Gasteiger partial charge is 0.507 e.